The smallest absolute Gasteiger partial charge is 0.274 e. The molecule has 0 aliphatic heterocycles. The van der Waals surface area contributed by atoms with Gasteiger partial charge < -0.3 is 15.6 Å². The number of ether oxygens (including phenoxy) is 1. The standard InChI is InChI=1S/C20H14ClN3O4S/c1-28-15-7-10(6-13(21)17(15)25)8-16-19(27)24-9-14(23-20(24)29-16)11-2-4-12(5-3-11)18(22)26/h2-9,25H,1H3,(H2,22,26). The number of nitrogens with two attached hydrogens (primary N) is 1. The second kappa shape index (κ2) is 7.23. The van der Waals surface area contributed by atoms with Crippen molar-refractivity contribution in [2.45, 2.75) is 0 Å². The number of carbonyl (C=O) groups is 1. The number of aromatic hydroxyl groups is 1. The minimum Gasteiger partial charge on any atom is -0.503 e. The second-order valence-corrected chi connectivity index (χ2v) is 7.61. The Morgan fingerprint density at radius 2 is 2.03 bits per heavy atom. The van der Waals surface area contributed by atoms with E-state index in [0.717, 1.165) is 5.56 Å². The molecule has 0 unspecified atom stereocenters. The number of thiazole rings is 1. The van der Waals surface area contributed by atoms with Crippen LogP contribution in [-0.2, 0) is 0 Å². The summed E-state index contributed by atoms with van der Waals surface area (Å²) in [5.41, 5.74) is 7.44. The highest BCUT2D eigenvalue weighted by atomic mass is 35.5. The Hall–Kier alpha value is -3.36. The number of hydrogen-bond acceptors (Lipinski definition) is 6. The third-order valence-electron chi connectivity index (χ3n) is 4.34. The van der Waals surface area contributed by atoms with Crippen molar-refractivity contribution in [3.8, 4) is 22.8 Å². The minimum atomic E-state index is -0.504. The van der Waals surface area contributed by atoms with Crippen molar-refractivity contribution < 1.29 is 14.6 Å². The molecule has 7 nitrogen and oxygen atoms in total. The molecule has 4 aromatic rings. The normalized spacial score (nSPS) is 11.9. The van der Waals surface area contributed by atoms with Crippen molar-refractivity contribution in [1.29, 1.82) is 0 Å². The number of phenolic OH excluding ortho intramolecular Hbond substituents is 1. The topological polar surface area (TPSA) is 107 Å². The van der Waals surface area contributed by atoms with Crippen LogP contribution in [0, 0.1) is 0 Å². The predicted octanol–water partition coefficient (Wildman–Crippen LogP) is 2.44. The molecular formula is C20H14ClN3O4S. The molecule has 0 bridgehead atoms. The number of nitrogens with zero attached hydrogens (tertiary/aromatic N) is 2. The highest BCUT2D eigenvalue weighted by molar-refractivity contribution is 7.15. The van der Waals surface area contributed by atoms with Crippen LogP contribution >= 0.6 is 22.9 Å². The van der Waals surface area contributed by atoms with Gasteiger partial charge in [-0.1, -0.05) is 35.1 Å². The first-order chi connectivity index (χ1) is 13.9. The van der Waals surface area contributed by atoms with Gasteiger partial charge in [-0.3, -0.25) is 14.0 Å². The average Bonchev–Trinajstić information content (AvgIpc) is 3.24. The molecule has 0 aliphatic rings. The number of primary amides is 1. The van der Waals surface area contributed by atoms with E-state index in [2.05, 4.69) is 4.98 Å². The lowest BCUT2D eigenvalue weighted by Crippen LogP contribution is -2.22. The molecule has 9 heteroatoms. The molecule has 0 radical (unpaired) electrons. The molecule has 0 aliphatic carbocycles. The van der Waals surface area contributed by atoms with E-state index in [4.69, 9.17) is 22.1 Å². The number of rotatable bonds is 4. The Balaban J connectivity index is 1.76. The van der Waals surface area contributed by atoms with Crippen LogP contribution in [0.2, 0.25) is 5.02 Å². The maximum atomic E-state index is 12.8. The molecule has 0 saturated heterocycles. The number of phenols is 1. The van der Waals surface area contributed by atoms with E-state index >= 15 is 0 Å². The molecule has 0 saturated carbocycles. The van der Waals surface area contributed by atoms with E-state index in [1.54, 1.807) is 48.7 Å². The van der Waals surface area contributed by atoms with E-state index in [-0.39, 0.29) is 22.1 Å². The molecule has 0 atom stereocenters. The SMILES string of the molecule is COc1cc(C=c2sc3nc(-c4ccc(C(N)=O)cc4)cn3c2=O)cc(Cl)c1O. The number of carbonyl (C=O) groups excluding carboxylic acids is 1. The number of methoxy groups -OCH3 is 1. The van der Waals surface area contributed by atoms with Gasteiger partial charge in [0.1, 0.15) is 0 Å². The van der Waals surface area contributed by atoms with Gasteiger partial charge in [-0.15, -0.1) is 0 Å². The van der Waals surface area contributed by atoms with E-state index < -0.39 is 5.91 Å². The highest BCUT2D eigenvalue weighted by Gasteiger charge is 2.12. The van der Waals surface area contributed by atoms with E-state index in [9.17, 15) is 14.7 Å². The van der Waals surface area contributed by atoms with Gasteiger partial charge in [0.15, 0.2) is 16.5 Å². The van der Waals surface area contributed by atoms with Gasteiger partial charge in [0, 0.05) is 17.3 Å². The molecule has 4 rings (SSSR count). The number of benzene rings is 2. The van der Waals surface area contributed by atoms with Gasteiger partial charge in [-0.05, 0) is 35.9 Å². The zero-order chi connectivity index (χ0) is 20.7. The van der Waals surface area contributed by atoms with Crippen molar-refractivity contribution in [3.05, 3.63) is 73.6 Å². The summed E-state index contributed by atoms with van der Waals surface area (Å²) in [4.78, 5) is 29.0. The summed E-state index contributed by atoms with van der Waals surface area (Å²) >= 11 is 7.24. The minimum absolute atomic E-state index is 0.131. The monoisotopic (exact) mass is 427 g/mol. The summed E-state index contributed by atoms with van der Waals surface area (Å²) in [5.74, 6) is -0.434. The highest BCUT2D eigenvalue weighted by Crippen LogP contribution is 2.35. The van der Waals surface area contributed by atoms with Gasteiger partial charge in [-0.2, -0.15) is 0 Å². The van der Waals surface area contributed by atoms with Crippen molar-refractivity contribution in [2.75, 3.05) is 7.11 Å². The largest absolute Gasteiger partial charge is 0.503 e. The molecule has 1 amide bonds. The Morgan fingerprint density at radius 3 is 2.66 bits per heavy atom. The van der Waals surface area contributed by atoms with Gasteiger partial charge in [-0.25, -0.2) is 4.98 Å². The Bertz CT molecular complexity index is 1360. The van der Waals surface area contributed by atoms with Crippen molar-refractivity contribution in [1.82, 2.24) is 9.38 Å². The number of aromatic nitrogens is 2. The number of hydrogen-bond donors (Lipinski definition) is 2. The van der Waals surface area contributed by atoms with Crippen molar-refractivity contribution >= 4 is 39.9 Å². The van der Waals surface area contributed by atoms with Crippen LogP contribution in [0.5, 0.6) is 11.5 Å². The summed E-state index contributed by atoms with van der Waals surface area (Å²) in [6, 6.07) is 9.83. The van der Waals surface area contributed by atoms with Gasteiger partial charge >= 0.3 is 0 Å². The molecule has 146 valence electrons. The molecule has 29 heavy (non-hydrogen) atoms. The lowest BCUT2D eigenvalue weighted by molar-refractivity contribution is 0.100. The summed E-state index contributed by atoms with van der Waals surface area (Å²) < 4.78 is 7.02. The molecule has 2 heterocycles. The van der Waals surface area contributed by atoms with Gasteiger partial charge in [0.25, 0.3) is 5.56 Å². The lowest BCUT2D eigenvalue weighted by atomic mass is 10.1. The quantitative estimate of drug-likeness (QED) is 0.520. The van der Waals surface area contributed by atoms with Crippen LogP contribution in [0.4, 0.5) is 0 Å². The Labute approximate surface area is 173 Å². The van der Waals surface area contributed by atoms with Crippen LogP contribution < -0.4 is 20.6 Å². The predicted molar refractivity (Wildman–Crippen MR) is 112 cm³/mol. The molecular weight excluding hydrogens is 414 g/mol. The fraction of sp³-hybridized carbons (Fsp3) is 0.0500. The molecule has 3 N–H and O–H groups in total. The summed E-state index contributed by atoms with van der Waals surface area (Å²) in [6.07, 6.45) is 3.31. The zero-order valence-electron chi connectivity index (χ0n) is 15.0. The lowest BCUT2D eigenvalue weighted by Gasteiger charge is -2.05. The van der Waals surface area contributed by atoms with Crippen molar-refractivity contribution in [3.63, 3.8) is 0 Å². The first-order valence-corrected chi connectivity index (χ1v) is 9.57. The number of imidazole rings is 1. The second-order valence-electron chi connectivity index (χ2n) is 6.19. The third kappa shape index (κ3) is 3.43. The molecule has 0 spiro atoms. The van der Waals surface area contributed by atoms with Crippen LogP contribution in [0.3, 0.4) is 0 Å². The fourth-order valence-corrected chi connectivity index (χ4v) is 4.04. The average molecular weight is 428 g/mol. The molecule has 2 aromatic heterocycles. The van der Waals surface area contributed by atoms with Crippen LogP contribution in [0.15, 0.2) is 47.4 Å². The van der Waals surface area contributed by atoms with Crippen LogP contribution in [0.1, 0.15) is 15.9 Å². The van der Waals surface area contributed by atoms with Crippen LogP contribution in [0.25, 0.3) is 22.3 Å². The first-order valence-electron chi connectivity index (χ1n) is 8.37. The summed E-state index contributed by atoms with van der Waals surface area (Å²) in [6.45, 7) is 0. The molecule has 0 fully saturated rings. The zero-order valence-corrected chi connectivity index (χ0v) is 16.6. The van der Waals surface area contributed by atoms with Crippen molar-refractivity contribution in [2.24, 2.45) is 5.73 Å². The fourth-order valence-electron chi connectivity index (χ4n) is 2.86. The number of halogens is 1. The summed E-state index contributed by atoms with van der Waals surface area (Å²) in [5, 5.41) is 9.97. The maximum Gasteiger partial charge on any atom is 0.274 e. The van der Waals surface area contributed by atoms with E-state index in [1.807, 2.05) is 0 Å². The summed E-state index contributed by atoms with van der Waals surface area (Å²) in [7, 11) is 1.42. The number of fused-ring (bicyclic) bond motifs is 1. The Kier molecular flexibility index (Phi) is 4.73. The van der Waals surface area contributed by atoms with E-state index in [1.165, 1.54) is 22.8 Å². The Morgan fingerprint density at radius 1 is 1.31 bits per heavy atom. The van der Waals surface area contributed by atoms with Crippen LogP contribution in [-0.4, -0.2) is 27.5 Å². The first kappa shape index (κ1) is 19.0. The third-order valence-corrected chi connectivity index (χ3v) is 5.61. The van der Waals surface area contributed by atoms with Gasteiger partial charge in [0.2, 0.25) is 5.91 Å². The maximum absolute atomic E-state index is 12.8. The molecule has 2 aromatic carbocycles. The number of amides is 1. The van der Waals surface area contributed by atoms with Gasteiger partial charge in [0.05, 0.1) is 22.4 Å². The van der Waals surface area contributed by atoms with E-state index in [0.29, 0.717) is 26.3 Å².